The van der Waals surface area contributed by atoms with Gasteiger partial charge >= 0.3 is 0 Å². The van der Waals surface area contributed by atoms with Gasteiger partial charge in [0.1, 0.15) is 11.2 Å². The van der Waals surface area contributed by atoms with Crippen molar-refractivity contribution in [1.82, 2.24) is 9.97 Å². The van der Waals surface area contributed by atoms with Crippen molar-refractivity contribution in [3.63, 3.8) is 0 Å². The van der Waals surface area contributed by atoms with Gasteiger partial charge in [0.25, 0.3) is 5.91 Å². The molecule has 0 saturated heterocycles. The number of aryl methyl sites for hydroxylation is 2. The SMILES string of the molecule is CCOc1ncnc2sc(C(=O)Nc3ccccc3C)c(C)c12. The van der Waals surface area contributed by atoms with Crippen molar-refractivity contribution in [2.24, 2.45) is 0 Å². The first-order chi connectivity index (χ1) is 11.1. The second kappa shape index (κ2) is 6.34. The quantitative estimate of drug-likeness (QED) is 0.788. The Kier molecular flexibility index (Phi) is 4.25. The van der Waals surface area contributed by atoms with E-state index in [9.17, 15) is 4.79 Å². The number of carbonyl (C=O) groups is 1. The van der Waals surface area contributed by atoms with Gasteiger partial charge in [-0.3, -0.25) is 4.79 Å². The van der Waals surface area contributed by atoms with Crippen LogP contribution in [-0.4, -0.2) is 22.5 Å². The maximum absolute atomic E-state index is 12.6. The Morgan fingerprint density at radius 1 is 1.26 bits per heavy atom. The number of fused-ring (bicyclic) bond motifs is 1. The molecule has 0 unspecified atom stereocenters. The minimum Gasteiger partial charge on any atom is -0.477 e. The number of hydrogen-bond acceptors (Lipinski definition) is 5. The van der Waals surface area contributed by atoms with Crippen molar-refractivity contribution < 1.29 is 9.53 Å². The third kappa shape index (κ3) is 2.90. The molecule has 3 rings (SSSR count). The summed E-state index contributed by atoms with van der Waals surface area (Å²) in [4.78, 5) is 22.5. The van der Waals surface area contributed by atoms with Gasteiger partial charge in [0.05, 0.1) is 16.9 Å². The van der Waals surface area contributed by atoms with Crippen molar-refractivity contribution in [2.75, 3.05) is 11.9 Å². The molecule has 0 aliphatic heterocycles. The zero-order valence-electron chi connectivity index (χ0n) is 13.2. The third-order valence-electron chi connectivity index (χ3n) is 3.57. The smallest absolute Gasteiger partial charge is 0.266 e. The zero-order chi connectivity index (χ0) is 16.4. The first-order valence-corrected chi connectivity index (χ1v) is 8.17. The van der Waals surface area contributed by atoms with E-state index >= 15 is 0 Å². The summed E-state index contributed by atoms with van der Waals surface area (Å²) in [7, 11) is 0. The van der Waals surface area contributed by atoms with Gasteiger partial charge in [-0.2, -0.15) is 0 Å². The van der Waals surface area contributed by atoms with Gasteiger partial charge in [0, 0.05) is 5.69 Å². The average molecular weight is 327 g/mol. The molecular formula is C17H17N3O2S. The number of amides is 1. The van der Waals surface area contributed by atoms with E-state index in [-0.39, 0.29) is 5.91 Å². The molecule has 2 aromatic heterocycles. The molecule has 3 aromatic rings. The number of rotatable bonds is 4. The largest absolute Gasteiger partial charge is 0.477 e. The number of benzene rings is 1. The molecule has 118 valence electrons. The van der Waals surface area contributed by atoms with E-state index in [4.69, 9.17) is 4.74 Å². The molecule has 0 aliphatic rings. The molecule has 2 heterocycles. The lowest BCUT2D eigenvalue weighted by Gasteiger charge is -2.07. The Labute approximate surface area is 138 Å². The van der Waals surface area contributed by atoms with Crippen LogP contribution in [0.5, 0.6) is 5.88 Å². The van der Waals surface area contributed by atoms with Gasteiger partial charge < -0.3 is 10.1 Å². The second-order valence-electron chi connectivity index (χ2n) is 5.12. The van der Waals surface area contributed by atoms with Gasteiger partial charge in [-0.05, 0) is 38.0 Å². The number of anilines is 1. The fourth-order valence-corrected chi connectivity index (χ4v) is 3.43. The fraction of sp³-hybridized carbons (Fsp3) is 0.235. The molecule has 0 aliphatic carbocycles. The lowest BCUT2D eigenvalue weighted by molar-refractivity contribution is 0.103. The van der Waals surface area contributed by atoms with Crippen LogP contribution in [0.25, 0.3) is 10.2 Å². The summed E-state index contributed by atoms with van der Waals surface area (Å²) >= 11 is 1.35. The van der Waals surface area contributed by atoms with E-state index in [2.05, 4.69) is 15.3 Å². The average Bonchev–Trinajstić information content (AvgIpc) is 2.88. The number of nitrogens with zero attached hydrogens (tertiary/aromatic N) is 2. The summed E-state index contributed by atoms with van der Waals surface area (Å²) in [6.07, 6.45) is 1.46. The van der Waals surface area contributed by atoms with Crippen molar-refractivity contribution in [3.8, 4) is 5.88 Å². The van der Waals surface area contributed by atoms with Gasteiger partial charge in [0.15, 0.2) is 0 Å². The predicted octanol–water partition coefficient (Wildman–Crippen LogP) is 3.96. The Hall–Kier alpha value is -2.47. The van der Waals surface area contributed by atoms with E-state index in [1.165, 1.54) is 17.7 Å². The number of carbonyl (C=O) groups excluding carboxylic acids is 1. The Morgan fingerprint density at radius 2 is 2.04 bits per heavy atom. The maximum Gasteiger partial charge on any atom is 0.266 e. The second-order valence-corrected chi connectivity index (χ2v) is 6.12. The minimum absolute atomic E-state index is 0.137. The first kappa shape index (κ1) is 15.4. The molecule has 0 spiro atoms. The van der Waals surface area contributed by atoms with Gasteiger partial charge in [-0.15, -0.1) is 11.3 Å². The molecule has 1 amide bonds. The summed E-state index contributed by atoms with van der Waals surface area (Å²) in [6.45, 7) is 6.29. The molecular weight excluding hydrogens is 310 g/mol. The van der Waals surface area contributed by atoms with E-state index in [0.29, 0.717) is 17.4 Å². The summed E-state index contributed by atoms with van der Waals surface area (Å²) in [5, 5.41) is 3.78. The molecule has 1 N–H and O–H groups in total. The van der Waals surface area contributed by atoms with Crippen LogP contribution >= 0.6 is 11.3 Å². The van der Waals surface area contributed by atoms with E-state index < -0.39 is 0 Å². The Bertz CT molecular complexity index is 873. The highest BCUT2D eigenvalue weighted by Gasteiger charge is 2.20. The third-order valence-corrected chi connectivity index (χ3v) is 4.77. The van der Waals surface area contributed by atoms with Crippen molar-refractivity contribution in [3.05, 3.63) is 46.6 Å². The monoisotopic (exact) mass is 327 g/mol. The van der Waals surface area contributed by atoms with Crippen LogP contribution in [0.1, 0.15) is 27.7 Å². The lowest BCUT2D eigenvalue weighted by Crippen LogP contribution is -2.12. The maximum atomic E-state index is 12.6. The van der Waals surface area contributed by atoms with Crippen LogP contribution in [0.4, 0.5) is 5.69 Å². The van der Waals surface area contributed by atoms with Gasteiger partial charge in [0.2, 0.25) is 5.88 Å². The number of para-hydroxylation sites is 1. The summed E-state index contributed by atoms with van der Waals surface area (Å²) < 4.78 is 5.55. The van der Waals surface area contributed by atoms with Crippen LogP contribution < -0.4 is 10.1 Å². The van der Waals surface area contributed by atoms with E-state index in [1.54, 1.807) is 0 Å². The number of thiophene rings is 1. The fourth-order valence-electron chi connectivity index (χ4n) is 2.39. The summed E-state index contributed by atoms with van der Waals surface area (Å²) in [5.41, 5.74) is 2.68. The zero-order valence-corrected chi connectivity index (χ0v) is 14.0. The molecule has 0 bridgehead atoms. The van der Waals surface area contributed by atoms with Crippen LogP contribution in [0.15, 0.2) is 30.6 Å². The van der Waals surface area contributed by atoms with Gasteiger partial charge in [-0.1, -0.05) is 18.2 Å². The molecule has 5 nitrogen and oxygen atoms in total. The molecule has 0 fully saturated rings. The minimum atomic E-state index is -0.137. The van der Waals surface area contributed by atoms with Crippen molar-refractivity contribution in [2.45, 2.75) is 20.8 Å². The van der Waals surface area contributed by atoms with Crippen LogP contribution in [0.2, 0.25) is 0 Å². The number of hydrogen-bond donors (Lipinski definition) is 1. The Balaban J connectivity index is 2.00. The number of ether oxygens (including phenoxy) is 1. The first-order valence-electron chi connectivity index (χ1n) is 7.35. The molecule has 23 heavy (non-hydrogen) atoms. The Morgan fingerprint density at radius 3 is 2.78 bits per heavy atom. The van der Waals surface area contributed by atoms with Crippen LogP contribution in [0.3, 0.4) is 0 Å². The highest BCUT2D eigenvalue weighted by atomic mass is 32.1. The molecule has 0 radical (unpaired) electrons. The highest BCUT2D eigenvalue weighted by molar-refractivity contribution is 7.20. The van der Waals surface area contributed by atoms with E-state index in [0.717, 1.165) is 27.0 Å². The normalized spacial score (nSPS) is 10.7. The van der Waals surface area contributed by atoms with Gasteiger partial charge in [-0.25, -0.2) is 9.97 Å². The van der Waals surface area contributed by atoms with Crippen molar-refractivity contribution in [1.29, 1.82) is 0 Å². The number of aromatic nitrogens is 2. The predicted molar refractivity (Wildman–Crippen MR) is 92.5 cm³/mol. The summed E-state index contributed by atoms with van der Waals surface area (Å²) in [6, 6.07) is 7.70. The van der Waals surface area contributed by atoms with Crippen molar-refractivity contribution >= 4 is 33.1 Å². The topological polar surface area (TPSA) is 64.1 Å². The molecule has 0 atom stereocenters. The van der Waals surface area contributed by atoms with Crippen LogP contribution in [-0.2, 0) is 0 Å². The summed E-state index contributed by atoms with van der Waals surface area (Å²) in [5.74, 6) is 0.392. The van der Waals surface area contributed by atoms with Crippen LogP contribution in [0, 0.1) is 13.8 Å². The molecule has 6 heteroatoms. The molecule has 1 aromatic carbocycles. The molecule has 0 saturated carbocycles. The van der Waals surface area contributed by atoms with E-state index in [1.807, 2.05) is 45.0 Å². The highest BCUT2D eigenvalue weighted by Crippen LogP contribution is 2.34. The number of nitrogens with one attached hydrogen (secondary N) is 1. The standard InChI is InChI=1S/C17H17N3O2S/c1-4-22-16-13-11(3)14(23-17(13)19-9-18-16)15(21)20-12-8-6-5-7-10(12)2/h5-9H,4H2,1-3H3,(H,20,21). The lowest BCUT2D eigenvalue weighted by atomic mass is 10.2.